The average molecular weight is 266 g/mol. The van der Waals surface area contributed by atoms with Crippen molar-refractivity contribution >= 4 is 11.7 Å². The SMILES string of the molecule is CCCC(COC)NC(=O)c1ccc(NCC)nn1. The number of amides is 1. The molecule has 0 aliphatic rings. The van der Waals surface area contributed by atoms with E-state index in [1.165, 1.54) is 0 Å². The minimum Gasteiger partial charge on any atom is -0.383 e. The van der Waals surface area contributed by atoms with Crippen LogP contribution in [0.5, 0.6) is 0 Å². The highest BCUT2D eigenvalue weighted by Gasteiger charge is 2.14. The van der Waals surface area contributed by atoms with Crippen molar-refractivity contribution in [3.8, 4) is 0 Å². The van der Waals surface area contributed by atoms with Crippen molar-refractivity contribution in [2.45, 2.75) is 32.7 Å². The van der Waals surface area contributed by atoms with E-state index in [1.807, 2.05) is 6.92 Å². The van der Waals surface area contributed by atoms with Crippen LogP contribution in [-0.4, -0.2) is 42.4 Å². The van der Waals surface area contributed by atoms with Crippen LogP contribution in [0.15, 0.2) is 12.1 Å². The van der Waals surface area contributed by atoms with Gasteiger partial charge >= 0.3 is 0 Å². The third kappa shape index (κ3) is 5.21. The molecule has 1 atom stereocenters. The topological polar surface area (TPSA) is 76.1 Å². The van der Waals surface area contributed by atoms with Gasteiger partial charge in [-0.25, -0.2) is 0 Å². The lowest BCUT2D eigenvalue weighted by atomic mass is 10.2. The molecule has 6 nitrogen and oxygen atoms in total. The quantitative estimate of drug-likeness (QED) is 0.745. The summed E-state index contributed by atoms with van der Waals surface area (Å²) in [7, 11) is 1.62. The van der Waals surface area contributed by atoms with Gasteiger partial charge in [0.1, 0.15) is 5.82 Å². The highest BCUT2D eigenvalue weighted by molar-refractivity contribution is 5.92. The molecule has 1 amide bonds. The number of nitrogens with one attached hydrogen (secondary N) is 2. The first-order valence-corrected chi connectivity index (χ1v) is 6.58. The van der Waals surface area contributed by atoms with E-state index in [4.69, 9.17) is 4.74 Å². The van der Waals surface area contributed by atoms with Gasteiger partial charge in [-0.05, 0) is 25.5 Å². The molecule has 0 aliphatic heterocycles. The monoisotopic (exact) mass is 266 g/mol. The Morgan fingerprint density at radius 3 is 2.68 bits per heavy atom. The second kappa shape index (κ2) is 8.42. The molecule has 0 fully saturated rings. The predicted molar refractivity (Wildman–Crippen MR) is 74.2 cm³/mol. The third-order valence-electron chi connectivity index (χ3n) is 2.60. The van der Waals surface area contributed by atoms with Gasteiger partial charge in [0.25, 0.3) is 5.91 Å². The number of carbonyl (C=O) groups is 1. The molecule has 0 saturated heterocycles. The summed E-state index contributed by atoms with van der Waals surface area (Å²) in [5.41, 5.74) is 0.318. The van der Waals surface area contributed by atoms with Gasteiger partial charge in [-0.15, -0.1) is 10.2 Å². The summed E-state index contributed by atoms with van der Waals surface area (Å²) in [5.74, 6) is 0.451. The van der Waals surface area contributed by atoms with Crippen molar-refractivity contribution in [3.05, 3.63) is 17.8 Å². The minimum absolute atomic E-state index is 0.0118. The Morgan fingerprint density at radius 1 is 1.37 bits per heavy atom. The van der Waals surface area contributed by atoms with Gasteiger partial charge < -0.3 is 15.4 Å². The summed E-state index contributed by atoms with van der Waals surface area (Å²) in [5, 5.41) is 13.8. The zero-order valence-electron chi connectivity index (χ0n) is 11.8. The van der Waals surface area contributed by atoms with Crippen molar-refractivity contribution in [1.29, 1.82) is 0 Å². The molecule has 0 bridgehead atoms. The maximum atomic E-state index is 12.0. The number of methoxy groups -OCH3 is 1. The summed E-state index contributed by atoms with van der Waals surface area (Å²) >= 11 is 0. The maximum absolute atomic E-state index is 12.0. The van der Waals surface area contributed by atoms with Crippen molar-refractivity contribution in [2.24, 2.45) is 0 Å². The second-order valence-corrected chi connectivity index (χ2v) is 4.25. The van der Waals surface area contributed by atoms with Crippen molar-refractivity contribution in [3.63, 3.8) is 0 Å². The molecule has 1 rings (SSSR count). The van der Waals surface area contributed by atoms with E-state index in [0.29, 0.717) is 18.1 Å². The smallest absolute Gasteiger partial charge is 0.272 e. The Labute approximate surface area is 113 Å². The number of nitrogens with zero attached hydrogens (tertiary/aromatic N) is 2. The fourth-order valence-corrected chi connectivity index (χ4v) is 1.73. The molecule has 1 aromatic rings. The zero-order chi connectivity index (χ0) is 14.1. The standard InChI is InChI=1S/C13H22N4O2/c1-4-6-10(9-19-3)15-13(18)11-7-8-12(14-5-2)17-16-11/h7-8,10H,4-6,9H2,1-3H3,(H,14,17)(H,15,18). The van der Waals surface area contributed by atoms with Gasteiger partial charge in [-0.3, -0.25) is 4.79 Å². The molecule has 106 valence electrons. The number of aromatic nitrogens is 2. The summed E-state index contributed by atoms with van der Waals surface area (Å²) in [6.07, 6.45) is 1.86. The molecular formula is C13H22N4O2. The van der Waals surface area contributed by atoms with Crippen LogP contribution in [0.2, 0.25) is 0 Å². The fourth-order valence-electron chi connectivity index (χ4n) is 1.73. The van der Waals surface area contributed by atoms with E-state index in [0.717, 1.165) is 19.4 Å². The number of hydrogen-bond donors (Lipinski definition) is 2. The first kappa shape index (κ1) is 15.4. The molecule has 1 unspecified atom stereocenters. The lowest BCUT2D eigenvalue weighted by molar-refractivity contribution is 0.0885. The first-order valence-electron chi connectivity index (χ1n) is 6.58. The van der Waals surface area contributed by atoms with Crippen molar-refractivity contribution in [1.82, 2.24) is 15.5 Å². The lowest BCUT2D eigenvalue weighted by Crippen LogP contribution is -2.38. The molecule has 6 heteroatoms. The molecule has 0 aromatic carbocycles. The van der Waals surface area contributed by atoms with Crippen LogP contribution in [0.1, 0.15) is 37.2 Å². The number of carbonyl (C=O) groups excluding carboxylic acids is 1. The number of anilines is 1. The normalized spacial score (nSPS) is 11.9. The molecule has 19 heavy (non-hydrogen) atoms. The Hall–Kier alpha value is -1.69. The van der Waals surface area contributed by atoms with Crippen LogP contribution < -0.4 is 10.6 Å². The van der Waals surface area contributed by atoms with Gasteiger partial charge in [0.05, 0.1) is 12.6 Å². The summed E-state index contributed by atoms with van der Waals surface area (Å²) in [4.78, 5) is 12.0. The fraction of sp³-hybridized carbons (Fsp3) is 0.615. The maximum Gasteiger partial charge on any atom is 0.272 e. The molecule has 1 aromatic heterocycles. The van der Waals surface area contributed by atoms with Gasteiger partial charge in [-0.1, -0.05) is 13.3 Å². The highest BCUT2D eigenvalue weighted by atomic mass is 16.5. The van der Waals surface area contributed by atoms with Gasteiger partial charge in [0.15, 0.2) is 5.69 Å². The van der Waals surface area contributed by atoms with Crippen LogP contribution in [0.3, 0.4) is 0 Å². The van der Waals surface area contributed by atoms with Crippen LogP contribution in [0.4, 0.5) is 5.82 Å². The van der Waals surface area contributed by atoms with Crippen molar-refractivity contribution < 1.29 is 9.53 Å². The van der Waals surface area contributed by atoms with Crippen LogP contribution >= 0.6 is 0 Å². The number of ether oxygens (including phenoxy) is 1. The first-order chi connectivity index (χ1) is 9.21. The summed E-state index contributed by atoms with van der Waals surface area (Å²) in [6, 6.07) is 3.42. The van der Waals surface area contributed by atoms with Crippen molar-refractivity contribution in [2.75, 3.05) is 25.6 Å². The van der Waals surface area contributed by atoms with Gasteiger partial charge in [0.2, 0.25) is 0 Å². The van der Waals surface area contributed by atoms with E-state index in [2.05, 4.69) is 27.8 Å². The molecule has 0 radical (unpaired) electrons. The molecule has 2 N–H and O–H groups in total. The number of rotatable bonds is 8. The van der Waals surface area contributed by atoms with Gasteiger partial charge in [-0.2, -0.15) is 0 Å². The van der Waals surface area contributed by atoms with E-state index in [1.54, 1.807) is 19.2 Å². The highest BCUT2D eigenvalue weighted by Crippen LogP contribution is 2.03. The van der Waals surface area contributed by atoms with Crippen LogP contribution in [0.25, 0.3) is 0 Å². The van der Waals surface area contributed by atoms with E-state index in [9.17, 15) is 4.79 Å². The molecule has 0 aliphatic carbocycles. The molecule has 0 spiro atoms. The Balaban J connectivity index is 2.60. The second-order valence-electron chi connectivity index (χ2n) is 4.25. The van der Waals surface area contributed by atoms with Crippen LogP contribution in [-0.2, 0) is 4.74 Å². The molecule has 0 saturated carbocycles. The van der Waals surface area contributed by atoms with E-state index >= 15 is 0 Å². The Kier molecular flexibility index (Phi) is 6.81. The summed E-state index contributed by atoms with van der Waals surface area (Å²) in [6.45, 7) is 5.32. The minimum atomic E-state index is -0.217. The average Bonchev–Trinajstić information content (AvgIpc) is 2.40. The van der Waals surface area contributed by atoms with Gasteiger partial charge in [0, 0.05) is 13.7 Å². The number of hydrogen-bond acceptors (Lipinski definition) is 5. The Morgan fingerprint density at radius 2 is 2.16 bits per heavy atom. The zero-order valence-corrected chi connectivity index (χ0v) is 11.8. The van der Waals surface area contributed by atoms with Crippen LogP contribution in [0, 0.1) is 0 Å². The largest absolute Gasteiger partial charge is 0.383 e. The van der Waals surface area contributed by atoms with E-state index in [-0.39, 0.29) is 11.9 Å². The third-order valence-corrected chi connectivity index (χ3v) is 2.60. The molecule has 1 heterocycles. The lowest BCUT2D eigenvalue weighted by Gasteiger charge is -2.16. The Bertz CT molecular complexity index is 375. The van der Waals surface area contributed by atoms with E-state index < -0.39 is 0 Å². The summed E-state index contributed by atoms with van der Waals surface area (Å²) < 4.78 is 5.08. The molecular weight excluding hydrogens is 244 g/mol. The predicted octanol–water partition coefficient (Wildman–Crippen LogP) is 1.45.